The van der Waals surface area contributed by atoms with Crippen LogP contribution in [0.4, 0.5) is 0 Å². The molecule has 0 radical (unpaired) electrons. The van der Waals surface area contributed by atoms with Gasteiger partial charge in [0.1, 0.15) is 111 Å². The second-order valence-electron chi connectivity index (χ2n) is 33.0. The first-order chi connectivity index (χ1) is 53.5. The molecule has 5 fully saturated rings. The van der Waals surface area contributed by atoms with Gasteiger partial charge in [-0.1, -0.05) is 250 Å². The molecule has 26 unspecified atom stereocenters. The maximum absolute atomic E-state index is 13.6. The highest BCUT2D eigenvalue weighted by Gasteiger charge is 2.50. The van der Waals surface area contributed by atoms with Gasteiger partial charge in [0.2, 0.25) is 0 Å². The third kappa shape index (κ3) is 39.6. The van der Waals surface area contributed by atoms with Crippen LogP contribution in [-0.2, 0) is 57.0 Å². The summed E-state index contributed by atoms with van der Waals surface area (Å²) in [6.07, 6.45) is 12.6. The minimum atomic E-state index is -1.76. The lowest BCUT2D eigenvalue weighted by Crippen LogP contribution is -2.60. The Morgan fingerprint density at radius 1 is 0.297 bits per heavy atom. The van der Waals surface area contributed by atoms with Crippen molar-refractivity contribution in [2.45, 2.75) is 488 Å². The third-order valence-corrected chi connectivity index (χ3v) is 23.1. The molecule has 16 N–H and O–H groups in total. The number of hydrogen-bond donors (Lipinski definition) is 16. The number of unbranched alkanes of at least 4 members (excludes halogenated alkanes) is 35. The molecule has 0 aromatic carbocycles. The van der Waals surface area contributed by atoms with Gasteiger partial charge in [0.05, 0.1) is 62.7 Å². The van der Waals surface area contributed by atoms with Crippen LogP contribution < -0.4 is 0 Å². The van der Waals surface area contributed by atoms with E-state index in [2.05, 4.69) is 0 Å². The Morgan fingerprint density at radius 3 is 0.811 bits per heavy atom. The lowest BCUT2D eigenvalue weighted by Gasteiger charge is -2.42. The number of cyclic esters (lactones) is 2. The Kier molecular flexibility index (Phi) is 52.7. The Morgan fingerprint density at radius 2 is 0.541 bits per heavy atom. The summed E-state index contributed by atoms with van der Waals surface area (Å²) < 4.78 is 59.3. The molecule has 28 heteroatoms. The van der Waals surface area contributed by atoms with Crippen molar-refractivity contribution in [3.8, 4) is 0 Å². The van der Waals surface area contributed by atoms with Gasteiger partial charge in [0, 0.05) is 0 Å². The first-order valence-corrected chi connectivity index (χ1v) is 43.8. The molecule has 5 heterocycles. The van der Waals surface area contributed by atoms with E-state index < -0.39 is 173 Å². The summed E-state index contributed by atoms with van der Waals surface area (Å²) in [4.78, 5) is 27.2. The van der Waals surface area contributed by atoms with Crippen molar-refractivity contribution in [3.63, 3.8) is 0 Å². The Hall–Kier alpha value is -2.02. The summed E-state index contributed by atoms with van der Waals surface area (Å²) >= 11 is 0. The second-order valence-corrected chi connectivity index (χ2v) is 33.0. The van der Waals surface area contributed by atoms with Crippen LogP contribution in [0, 0.1) is 0 Å². The average Bonchev–Trinajstić information content (AvgIpc) is 0.829. The van der Waals surface area contributed by atoms with Crippen LogP contribution in [0.25, 0.3) is 0 Å². The van der Waals surface area contributed by atoms with Gasteiger partial charge in [-0.3, -0.25) is 9.59 Å². The van der Waals surface area contributed by atoms with Crippen molar-refractivity contribution < 1.29 is 139 Å². The summed E-state index contributed by atoms with van der Waals surface area (Å²) in [6.45, 7) is 1.49. The largest absolute Gasteiger partial charge is 0.463 e. The summed E-state index contributed by atoms with van der Waals surface area (Å²) in [7, 11) is 0. The number of rotatable bonds is 57. The first-order valence-electron chi connectivity index (χ1n) is 43.8. The SMILES string of the molecule is CC(O)CCCCCCCCCCCCCCCC(CCCCCCCCCCCCCCC1CC(=O)OCC2OC(OC(CCCCCCCCCCCCCC(CCCCCC(C)O)OC3OC(CO)C(O)C(O)C3O)CC(=O)OCC3OC(O1)C(O)C(O)C3O)C(O)C(O)C2O)OC1OC(CO)C(O)C(O)C1O. The van der Waals surface area contributed by atoms with Crippen LogP contribution in [0.15, 0.2) is 0 Å². The number of carbonyl (C=O) groups excluding carboxylic acids is 2. The van der Waals surface area contributed by atoms with Gasteiger partial charge in [-0.25, -0.2) is 0 Å². The van der Waals surface area contributed by atoms with E-state index in [1.165, 1.54) is 57.8 Å². The molecule has 0 saturated carbocycles. The van der Waals surface area contributed by atoms with E-state index in [9.17, 15) is 91.3 Å². The van der Waals surface area contributed by atoms with E-state index >= 15 is 0 Å². The van der Waals surface area contributed by atoms with Crippen molar-refractivity contribution in [3.05, 3.63) is 0 Å². The van der Waals surface area contributed by atoms with Crippen molar-refractivity contribution in [2.75, 3.05) is 26.4 Å². The number of fused-ring (bicyclic) bond motifs is 4. The predicted octanol–water partition coefficient (Wildman–Crippen LogP) is 7.72. The van der Waals surface area contributed by atoms with Gasteiger partial charge in [-0.2, -0.15) is 0 Å². The zero-order chi connectivity index (χ0) is 80.7. The lowest BCUT2D eigenvalue weighted by molar-refractivity contribution is -0.316. The van der Waals surface area contributed by atoms with Crippen LogP contribution in [0.3, 0.4) is 0 Å². The number of aliphatic hydroxyl groups is 16. The minimum Gasteiger partial charge on any atom is -0.463 e. The first kappa shape index (κ1) is 99.5. The highest BCUT2D eigenvalue weighted by Crippen LogP contribution is 2.33. The smallest absolute Gasteiger partial charge is 0.308 e. The van der Waals surface area contributed by atoms with E-state index in [0.717, 1.165) is 199 Å². The Bertz CT molecular complexity index is 2300. The van der Waals surface area contributed by atoms with Crippen molar-refractivity contribution >= 4 is 11.9 Å². The molecule has 111 heavy (non-hydrogen) atoms. The highest BCUT2D eigenvalue weighted by atomic mass is 16.7. The molecular formula is C83H154O28. The molecule has 0 aromatic heterocycles. The maximum atomic E-state index is 13.6. The molecule has 4 bridgehead atoms. The average molecular weight is 1600 g/mol. The normalized spacial score (nSPS) is 32.5. The fourth-order valence-corrected chi connectivity index (χ4v) is 15.9. The van der Waals surface area contributed by atoms with Crippen molar-refractivity contribution in [2.24, 2.45) is 0 Å². The molecule has 28 nitrogen and oxygen atoms in total. The van der Waals surface area contributed by atoms with Gasteiger partial charge in [0.15, 0.2) is 25.2 Å². The number of carbonyl (C=O) groups is 2. The zero-order valence-electron chi connectivity index (χ0n) is 67.5. The van der Waals surface area contributed by atoms with Gasteiger partial charge in [0.25, 0.3) is 0 Å². The summed E-state index contributed by atoms with van der Waals surface area (Å²) in [5.74, 6) is -1.53. The monoisotopic (exact) mass is 1600 g/mol. The van der Waals surface area contributed by atoms with Gasteiger partial charge >= 0.3 is 11.9 Å². The number of hydrogen-bond acceptors (Lipinski definition) is 28. The van der Waals surface area contributed by atoms with Crippen LogP contribution in [0.1, 0.15) is 328 Å². The minimum absolute atomic E-state index is 0.199. The number of ether oxygens (including phenoxy) is 10. The van der Waals surface area contributed by atoms with Crippen LogP contribution in [0.2, 0.25) is 0 Å². The van der Waals surface area contributed by atoms with Crippen LogP contribution in [-0.4, -0.2) is 280 Å². The summed E-state index contributed by atoms with van der Waals surface area (Å²) in [6, 6.07) is 0. The highest BCUT2D eigenvalue weighted by molar-refractivity contribution is 5.70. The van der Waals surface area contributed by atoms with E-state index in [-0.39, 0.29) is 37.3 Å². The molecule has 5 aliphatic heterocycles. The molecule has 0 spiro atoms. The van der Waals surface area contributed by atoms with E-state index in [0.29, 0.717) is 44.9 Å². The van der Waals surface area contributed by atoms with Gasteiger partial charge in [-0.15, -0.1) is 0 Å². The Labute approximate surface area is 662 Å². The second kappa shape index (κ2) is 58.8. The quantitative estimate of drug-likeness (QED) is 0.0205. The van der Waals surface area contributed by atoms with E-state index in [4.69, 9.17) is 47.4 Å². The van der Waals surface area contributed by atoms with Gasteiger partial charge < -0.3 is 129 Å². The fourth-order valence-electron chi connectivity index (χ4n) is 15.9. The van der Waals surface area contributed by atoms with Crippen molar-refractivity contribution in [1.82, 2.24) is 0 Å². The third-order valence-electron chi connectivity index (χ3n) is 23.1. The number of esters is 2. The molecule has 5 aliphatic rings. The molecule has 26 atom stereocenters. The number of aliphatic hydroxyl groups excluding tert-OH is 16. The van der Waals surface area contributed by atoms with Crippen LogP contribution in [0.5, 0.6) is 0 Å². The fraction of sp³-hybridized carbons (Fsp3) is 0.976. The topological polar surface area (TPSA) is 450 Å². The van der Waals surface area contributed by atoms with E-state index in [1.54, 1.807) is 6.92 Å². The zero-order valence-corrected chi connectivity index (χ0v) is 67.5. The summed E-state index contributed by atoms with van der Waals surface area (Å²) in [5.41, 5.74) is 0. The molecule has 5 saturated heterocycles. The lowest BCUT2D eigenvalue weighted by atomic mass is 9.98. The molecule has 5 rings (SSSR count). The summed E-state index contributed by atoms with van der Waals surface area (Å²) in [5, 5.41) is 167. The van der Waals surface area contributed by atoms with Crippen molar-refractivity contribution in [1.29, 1.82) is 0 Å². The standard InChI is InChI=1S/C83H154O28/c1-56(86)42-34-27-21-15-9-4-3-5-10-16-22-28-36-44-58(104-80-76(98)72(94)68(90)62(52-84)108-80)45-37-29-23-17-11-6-7-12-19-25-31-39-48-60-50-66(88)102-54-65-71(93)75(97)79(101)83(111-65)107-61(51-67(89)103-55-64-70(92)74(96)78(100)82(106-60)110-64)49-40-32-26-20-14-8-13-18-24-30-38-46-59(47-41-33-35-43-57(2)87)105-81-77(99)73(95)69(91)63(53-85)109-81/h56-65,68-87,90-101H,3-55H2,1-2H3. The van der Waals surface area contributed by atoms with E-state index in [1.807, 2.05) is 6.92 Å². The van der Waals surface area contributed by atoms with Gasteiger partial charge in [-0.05, 0) is 65.2 Å². The predicted molar refractivity (Wildman–Crippen MR) is 412 cm³/mol. The molecule has 654 valence electrons. The maximum Gasteiger partial charge on any atom is 0.308 e. The molecule has 0 aliphatic carbocycles. The molecular weight excluding hydrogens is 1440 g/mol. The Balaban J connectivity index is 0.981. The van der Waals surface area contributed by atoms with Crippen LogP contribution >= 0.6 is 0 Å². The molecule has 0 aromatic rings. The molecule has 0 amide bonds.